The third-order valence-corrected chi connectivity index (χ3v) is 1.54. The molecule has 0 aliphatic carbocycles. The Hall–Kier alpha value is -2.09. The molecule has 0 bridgehead atoms. The molecule has 0 aliphatic heterocycles. The number of nitrogens with zero attached hydrogens (tertiary/aromatic N) is 2. The molecule has 0 spiro atoms. The lowest BCUT2D eigenvalue weighted by Gasteiger charge is -1.99. The number of benzene rings is 1. The lowest BCUT2D eigenvalue weighted by atomic mass is 10.2. The Labute approximate surface area is 74.8 Å². The predicted molar refractivity (Wildman–Crippen MR) is 47.1 cm³/mol. The molecule has 0 saturated carbocycles. The Bertz CT molecular complexity index is 381. The molecule has 0 amide bonds. The van der Waals surface area contributed by atoms with Crippen LogP contribution in [0.5, 0.6) is 0 Å². The van der Waals surface area contributed by atoms with Crippen molar-refractivity contribution < 1.29 is 4.92 Å². The van der Waals surface area contributed by atoms with E-state index < -0.39 is 4.92 Å². The van der Waals surface area contributed by atoms with Gasteiger partial charge in [0.1, 0.15) is 5.69 Å². The van der Waals surface area contributed by atoms with Gasteiger partial charge in [0.05, 0.1) is 4.92 Å². The summed E-state index contributed by atoms with van der Waals surface area (Å²) in [6.07, 6.45) is 1.64. The lowest BCUT2D eigenvalue weighted by molar-refractivity contribution is -0.384. The molecule has 0 aromatic heterocycles. The molecule has 5 heteroatoms. The van der Waals surface area contributed by atoms with E-state index in [4.69, 9.17) is 5.26 Å². The van der Waals surface area contributed by atoms with E-state index in [0.29, 0.717) is 0 Å². The van der Waals surface area contributed by atoms with Crippen molar-refractivity contribution in [1.82, 2.24) is 0 Å². The monoisotopic (exact) mass is 177 g/mol. The first-order valence-electron chi connectivity index (χ1n) is 3.55. The molecule has 1 rings (SSSR count). The quantitative estimate of drug-likeness (QED) is 0.323. The first-order chi connectivity index (χ1) is 6.15. The minimum atomic E-state index is -0.521. The van der Waals surface area contributed by atoms with Crippen molar-refractivity contribution in [3.63, 3.8) is 0 Å². The number of nitro groups is 1. The molecule has 0 fully saturated rings. The van der Waals surface area contributed by atoms with Gasteiger partial charge in [0, 0.05) is 6.07 Å². The van der Waals surface area contributed by atoms with Gasteiger partial charge in [-0.2, -0.15) is 5.26 Å². The lowest BCUT2D eigenvalue weighted by Crippen LogP contribution is -1.96. The molecule has 0 saturated heterocycles. The molecule has 0 heterocycles. The average molecular weight is 177 g/mol. The van der Waals surface area contributed by atoms with Crippen LogP contribution in [0.4, 0.5) is 11.4 Å². The second kappa shape index (κ2) is 3.54. The number of nitriles is 1. The zero-order chi connectivity index (χ0) is 9.84. The molecular weight excluding hydrogens is 170 g/mol. The van der Waals surface area contributed by atoms with Gasteiger partial charge in [0.15, 0.2) is 6.19 Å². The van der Waals surface area contributed by atoms with Gasteiger partial charge in [-0.3, -0.25) is 15.4 Å². The summed E-state index contributed by atoms with van der Waals surface area (Å²) in [6.45, 7) is 1.75. The smallest absolute Gasteiger partial charge is 0.287 e. The predicted octanol–water partition coefficient (Wildman–Crippen LogP) is 1.80. The van der Waals surface area contributed by atoms with Gasteiger partial charge in [-0.15, -0.1) is 0 Å². The van der Waals surface area contributed by atoms with Crippen LogP contribution in [-0.4, -0.2) is 4.92 Å². The maximum absolute atomic E-state index is 10.5. The highest BCUT2D eigenvalue weighted by molar-refractivity contribution is 5.64. The maximum atomic E-state index is 10.5. The molecule has 0 radical (unpaired) electrons. The van der Waals surface area contributed by atoms with Crippen LogP contribution < -0.4 is 5.32 Å². The molecule has 66 valence electrons. The molecule has 13 heavy (non-hydrogen) atoms. The fourth-order valence-electron chi connectivity index (χ4n) is 0.959. The average Bonchev–Trinajstić information content (AvgIpc) is 2.08. The fourth-order valence-corrected chi connectivity index (χ4v) is 0.959. The fraction of sp³-hybridized carbons (Fsp3) is 0.125. The Balaban J connectivity index is 3.20. The van der Waals surface area contributed by atoms with Crippen molar-refractivity contribution in [3.8, 4) is 6.19 Å². The number of nitro benzene ring substituents is 1. The third kappa shape index (κ3) is 1.93. The van der Waals surface area contributed by atoms with Crippen LogP contribution in [0.2, 0.25) is 0 Å². The van der Waals surface area contributed by atoms with Crippen LogP contribution in [0.1, 0.15) is 5.56 Å². The van der Waals surface area contributed by atoms with Gasteiger partial charge in [-0.25, -0.2) is 0 Å². The third-order valence-electron chi connectivity index (χ3n) is 1.54. The summed E-state index contributed by atoms with van der Waals surface area (Å²) in [5, 5.41) is 21.1. The topological polar surface area (TPSA) is 79.0 Å². The zero-order valence-electron chi connectivity index (χ0n) is 6.94. The summed E-state index contributed by atoms with van der Waals surface area (Å²) in [4.78, 5) is 9.98. The van der Waals surface area contributed by atoms with E-state index in [9.17, 15) is 10.1 Å². The number of anilines is 1. The minimum absolute atomic E-state index is 0.0819. The van der Waals surface area contributed by atoms with E-state index in [0.717, 1.165) is 5.56 Å². The Morgan fingerprint density at radius 2 is 2.31 bits per heavy atom. The SMILES string of the molecule is Cc1ccc(NC#N)c([N+](=O)[O-])c1. The van der Waals surface area contributed by atoms with E-state index in [2.05, 4.69) is 5.32 Å². The zero-order valence-corrected chi connectivity index (χ0v) is 6.94. The largest absolute Gasteiger partial charge is 0.293 e. The second-order valence-electron chi connectivity index (χ2n) is 2.51. The summed E-state index contributed by atoms with van der Waals surface area (Å²) in [7, 11) is 0. The van der Waals surface area contributed by atoms with Gasteiger partial charge in [-0.1, -0.05) is 6.07 Å². The molecule has 5 nitrogen and oxygen atoms in total. The van der Waals surface area contributed by atoms with Crippen LogP contribution in [0.25, 0.3) is 0 Å². The summed E-state index contributed by atoms with van der Waals surface area (Å²) >= 11 is 0. The van der Waals surface area contributed by atoms with Gasteiger partial charge >= 0.3 is 0 Å². The maximum Gasteiger partial charge on any atom is 0.293 e. The number of hydrogen-bond donors (Lipinski definition) is 1. The van der Waals surface area contributed by atoms with Crippen molar-refractivity contribution in [2.24, 2.45) is 0 Å². The highest BCUT2D eigenvalue weighted by Crippen LogP contribution is 2.24. The molecule has 1 aromatic carbocycles. The summed E-state index contributed by atoms with van der Waals surface area (Å²) in [5.74, 6) is 0. The van der Waals surface area contributed by atoms with Crippen molar-refractivity contribution in [1.29, 1.82) is 5.26 Å². The van der Waals surface area contributed by atoms with E-state index in [1.54, 1.807) is 19.2 Å². The van der Waals surface area contributed by atoms with E-state index in [1.807, 2.05) is 0 Å². The summed E-state index contributed by atoms with van der Waals surface area (Å²) < 4.78 is 0. The molecule has 1 N–H and O–H groups in total. The van der Waals surface area contributed by atoms with Crippen molar-refractivity contribution >= 4 is 11.4 Å². The van der Waals surface area contributed by atoms with E-state index in [-0.39, 0.29) is 11.4 Å². The van der Waals surface area contributed by atoms with Gasteiger partial charge in [0.25, 0.3) is 5.69 Å². The van der Waals surface area contributed by atoms with E-state index in [1.165, 1.54) is 12.1 Å². The summed E-state index contributed by atoms with van der Waals surface area (Å²) in [6, 6.07) is 4.63. The standard InChI is InChI=1S/C8H7N3O2/c1-6-2-3-7(10-5-9)8(4-6)11(12)13/h2-4,10H,1H3. The van der Waals surface area contributed by atoms with Gasteiger partial charge in [-0.05, 0) is 18.6 Å². The van der Waals surface area contributed by atoms with Crippen LogP contribution in [0.15, 0.2) is 18.2 Å². The van der Waals surface area contributed by atoms with Crippen LogP contribution in [0.3, 0.4) is 0 Å². The highest BCUT2D eigenvalue weighted by Gasteiger charge is 2.12. The Kier molecular flexibility index (Phi) is 2.45. The van der Waals surface area contributed by atoms with Crippen molar-refractivity contribution in [2.75, 3.05) is 5.32 Å². The van der Waals surface area contributed by atoms with Crippen molar-refractivity contribution in [3.05, 3.63) is 33.9 Å². The second-order valence-corrected chi connectivity index (χ2v) is 2.51. The molecule has 0 aliphatic rings. The number of aryl methyl sites for hydroxylation is 1. The first-order valence-corrected chi connectivity index (χ1v) is 3.55. The van der Waals surface area contributed by atoms with Crippen LogP contribution in [0, 0.1) is 28.5 Å². The van der Waals surface area contributed by atoms with Gasteiger partial charge in [0.2, 0.25) is 0 Å². The number of hydrogen-bond acceptors (Lipinski definition) is 4. The highest BCUT2D eigenvalue weighted by atomic mass is 16.6. The minimum Gasteiger partial charge on any atom is -0.287 e. The Morgan fingerprint density at radius 1 is 1.62 bits per heavy atom. The number of nitrogens with one attached hydrogen (secondary N) is 1. The van der Waals surface area contributed by atoms with Crippen LogP contribution >= 0.6 is 0 Å². The van der Waals surface area contributed by atoms with Gasteiger partial charge < -0.3 is 0 Å². The number of rotatable bonds is 2. The molecule has 1 aromatic rings. The Morgan fingerprint density at radius 3 is 2.85 bits per heavy atom. The normalized spacial score (nSPS) is 8.92. The first kappa shape index (κ1) is 9.00. The molecular formula is C8H7N3O2. The molecule has 0 atom stereocenters. The summed E-state index contributed by atoms with van der Waals surface area (Å²) in [5.41, 5.74) is 0.926. The van der Waals surface area contributed by atoms with Crippen molar-refractivity contribution in [2.45, 2.75) is 6.92 Å². The van der Waals surface area contributed by atoms with Crippen LogP contribution in [-0.2, 0) is 0 Å². The molecule has 0 unspecified atom stereocenters. The van der Waals surface area contributed by atoms with E-state index >= 15 is 0 Å².